The van der Waals surface area contributed by atoms with Crippen LogP contribution in [0, 0.1) is 11.5 Å². The number of hydrogen-bond acceptors (Lipinski definition) is 0. The van der Waals surface area contributed by atoms with E-state index in [2.05, 4.69) is 44.6 Å². The highest BCUT2D eigenvalue weighted by Crippen LogP contribution is 2.00. The maximum Gasteiger partial charge on any atom is 0.129 e. The maximum atomic E-state index is 3.83. The Hall–Kier alpha value is -0.483. The molecule has 0 saturated carbocycles. The molecule has 0 aliphatic carbocycles. The van der Waals surface area contributed by atoms with E-state index in [0.29, 0.717) is 0 Å². The summed E-state index contributed by atoms with van der Waals surface area (Å²) >= 11 is 0. The van der Waals surface area contributed by atoms with E-state index in [0.717, 1.165) is 12.8 Å². The van der Waals surface area contributed by atoms with Gasteiger partial charge in [-0.25, -0.2) is 0 Å². The molecule has 0 aromatic carbocycles. The lowest BCUT2D eigenvalue weighted by Gasteiger charge is -2.03. The Balaban J connectivity index is 3.66. The molecule has 0 N–H and O–H groups in total. The van der Waals surface area contributed by atoms with Crippen molar-refractivity contribution in [1.82, 2.24) is 0 Å². The van der Waals surface area contributed by atoms with Crippen LogP contribution >= 0.6 is 0 Å². The van der Waals surface area contributed by atoms with Gasteiger partial charge in [0.1, 0.15) is 8.07 Å². The van der Waals surface area contributed by atoms with E-state index < -0.39 is 8.07 Å². The highest BCUT2D eigenvalue weighted by atomic mass is 28.3. The zero-order valence-electron chi connectivity index (χ0n) is 8.12. The molecule has 0 amide bonds. The second-order valence-corrected chi connectivity index (χ2v) is 8.76. The van der Waals surface area contributed by atoms with Gasteiger partial charge < -0.3 is 0 Å². The maximum absolute atomic E-state index is 3.83. The van der Waals surface area contributed by atoms with Crippen LogP contribution in [-0.2, 0) is 0 Å². The van der Waals surface area contributed by atoms with Crippen molar-refractivity contribution in [3.8, 4) is 11.5 Å². The summed E-state index contributed by atoms with van der Waals surface area (Å²) in [6.45, 7) is 12.7. The lowest BCUT2D eigenvalue weighted by atomic mass is 10.2. The molecule has 0 aromatic rings. The Morgan fingerprint density at radius 1 is 1.36 bits per heavy atom. The van der Waals surface area contributed by atoms with E-state index in [1.54, 1.807) is 0 Å². The molecule has 62 valence electrons. The van der Waals surface area contributed by atoms with Gasteiger partial charge in [0.05, 0.1) is 0 Å². The normalized spacial score (nSPS) is 10.2. The Kier molecular flexibility index (Phi) is 4.21. The molecule has 0 nitrogen and oxygen atoms in total. The molecule has 0 aliphatic heterocycles. The average molecular weight is 166 g/mol. The van der Waals surface area contributed by atoms with Crippen LogP contribution in [0.4, 0.5) is 0 Å². The van der Waals surface area contributed by atoms with E-state index in [4.69, 9.17) is 0 Å². The van der Waals surface area contributed by atoms with Gasteiger partial charge in [0.25, 0.3) is 0 Å². The second-order valence-electron chi connectivity index (χ2n) is 4.01. The summed E-state index contributed by atoms with van der Waals surface area (Å²) in [5.74, 6) is 3.21. The third-order valence-electron chi connectivity index (χ3n) is 1.14. The Morgan fingerprint density at radius 2 is 1.91 bits per heavy atom. The summed E-state index contributed by atoms with van der Waals surface area (Å²) < 4.78 is 0. The fraction of sp³-hybridized carbons (Fsp3) is 0.600. The van der Waals surface area contributed by atoms with Crippen LogP contribution in [0.3, 0.4) is 0 Å². The standard InChI is InChI=1S/C10H18Si/c1-10(2)8-6-7-9-11(3,4)5/h1,6,8H2,2-5H3. The zero-order chi connectivity index (χ0) is 8.91. The molecule has 0 aromatic heterocycles. The molecule has 0 rings (SSSR count). The predicted molar refractivity (Wildman–Crippen MR) is 55.2 cm³/mol. The van der Waals surface area contributed by atoms with Crippen molar-refractivity contribution in [1.29, 1.82) is 0 Å². The van der Waals surface area contributed by atoms with Crippen LogP contribution in [-0.4, -0.2) is 8.07 Å². The van der Waals surface area contributed by atoms with Crippen molar-refractivity contribution in [3.63, 3.8) is 0 Å². The van der Waals surface area contributed by atoms with Gasteiger partial charge in [0, 0.05) is 6.42 Å². The van der Waals surface area contributed by atoms with Crippen LogP contribution in [0.25, 0.3) is 0 Å². The van der Waals surface area contributed by atoms with Gasteiger partial charge in [-0.3, -0.25) is 0 Å². The smallest absolute Gasteiger partial charge is 0.129 e. The van der Waals surface area contributed by atoms with E-state index in [1.165, 1.54) is 5.57 Å². The van der Waals surface area contributed by atoms with Gasteiger partial charge in [0.2, 0.25) is 0 Å². The lowest BCUT2D eigenvalue weighted by Crippen LogP contribution is -2.16. The summed E-state index contributed by atoms with van der Waals surface area (Å²) in [4.78, 5) is 0. The monoisotopic (exact) mass is 166 g/mol. The van der Waals surface area contributed by atoms with Crippen LogP contribution in [0.2, 0.25) is 19.6 Å². The average Bonchev–Trinajstić information content (AvgIpc) is 1.78. The third-order valence-corrected chi connectivity index (χ3v) is 2.07. The molecule has 0 fully saturated rings. The van der Waals surface area contributed by atoms with Crippen LogP contribution < -0.4 is 0 Å². The quantitative estimate of drug-likeness (QED) is 0.336. The van der Waals surface area contributed by atoms with Crippen LogP contribution in [0.5, 0.6) is 0 Å². The van der Waals surface area contributed by atoms with Gasteiger partial charge in [-0.15, -0.1) is 18.0 Å². The minimum absolute atomic E-state index is 0.986. The Bertz CT molecular complexity index is 185. The molecule has 0 heterocycles. The molecular weight excluding hydrogens is 148 g/mol. The van der Waals surface area contributed by atoms with Crippen molar-refractivity contribution < 1.29 is 0 Å². The van der Waals surface area contributed by atoms with E-state index in [-0.39, 0.29) is 0 Å². The lowest BCUT2D eigenvalue weighted by molar-refractivity contribution is 1.01. The first-order chi connectivity index (χ1) is 4.92. The van der Waals surface area contributed by atoms with Gasteiger partial charge >= 0.3 is 0 Å². The summed E-state index contributed by atoms with van der Waals surface area (Å²) in [6, 6.07) is 0. The second kappa shape index (κ2) is 4.41. The molecule has 0 atom stereocenters. The summed E-state index contributed by atoms with van der Waals surface area (Å²) in [5, 5.41) is 0. The van der Waals surface area contributed by atoms with Crippen molar-refractivity contribution in [3.05, 3.63) is 12.2 Å². The highest BCUT2D eigenvalue weighted by molar-refractivity contribution is 6.83. The first-order valence-corrected chi connectivity index (χ1v) is 7.56. The zero-order valence-corrected chi connectivity index (χ0v) is 9.12. The van der Waals surface area contributed by atoms with E-state index in [1.807, 2.05) is 0 Å². The molecule has 0 radical (unpaired) electrons. The van der Waals surface area contributed by atoms with Crippen molar-refractivity contribution >= 4 is 8.07 Å². The fourth-order valence-electron chi connectivity index (χ4n) is 0.604. The molecule has 0 spiro atoms. The molecule has 0 unspecified atom stereocenters. The van der Waals surface area contributed by atoms with Crippen molar-refractivity contribution in [2.75, 3.05) is 0 Å². The number of allylic oxidation sites excluding steroid dienone is 1. The van der Waals surface area contributed by atoms with Gasteiger partial charge in [-0.2, -0.15) is 0 Å². The first kappa shape index (κ1) is 10.5. The SMILES string of the molecule is C=C(C)CCC#C[Si](C)(C)C. The third kappa shape index (κ3) is 9.52. The minimum atomic E-state index is -1.12. The Labute approximate surface area is 71.7 Å². The largest absolute Gasteiger partial charge is 0.132 e. The van der Waals surface area contributed by atoms with Gasteiger partial charge in [-0.05, 0) is 13.3 Å². The number of rotatable bonds is 2. The summed E-state index contributed by atoms with van der Waals surface area (Å²) in [5.41, 5.74) is 4.56. The predicted octanol–water partition coefficient (Wildman–Crippen LogP) is 3.22. The molecule has 1 heteroatoms. The highest BCUT2D eigenvalue weighted by Gasteiger charge is 2.06. The topological polar surface area (TPSA) is 0 Å². The summed E-state index contributed by atoms with van der Waals surface area (Å²) in [7, 11) is -1.12. The van der Waals surface area contributed by atoms with Gasteiger partial charge in [-0.1, -0.05) is 25.2 Å². The molecule has 0 aliphatic rings. The van der Waals surface area contributed by atoms with Crippen molar-refractivity contribution in [2.24, 2.45) is 0 Å². The van der Waals surface area contributed by atoms with Crippen molar-refractivity contribution in [2.45, 2.75) is 39.4 Å². The van der Waals surface area contributed by atoms with Gasteiger partial charge in [0.15, 0.2) is 0 Å². The Morgan fingerprint density at radius 3 is 2.27 bits per heavy atom. The molecule has 0 saturated heterocycles. The van der Waals surface area contributed by atoms with Crippen LogP contribution in [0.1, 0.15) is 19.8 Å². The van der Waals surface area contributed by atoms with E-state index in [9.17, 15) is 0 Å². The van der Waals surface area contributed by atoms with Crippen LogP contribution in [0.15, 0.2) is 12.2 Å². The molecular formula is C10H18Si. The van der Waals surface area contributed by atoms with E-state index >= 15 is 0 Å². The fourth-order valence-corrected chi connectivity index (χ4v) is 1.26. The summed E-state index contributed by atoms with van der Waals surface area (Å²) in [6.07, 6.45) is 2.04. The molecule has 0 bridgehead atoms. The molecule has 11 heavy (non-hydrogen) atoms. The first-order valence-electron chi connectivity index (χ1n) is 4.06. The minimum Gasteiger partial charge on any atom is -0.132 e. The number of hydrogen-bond donors (Lipinski definition) is 0.